The number of methoxy groups -OCH3 is 1. The number of fused-ring (bicyclic) bond motifs is 1. The molecular weight excluding hydrogens is 338 g/mol. The molecule has 132 valence electrons. The van der Waals surface area contributed by atoms with E-state index >= 15 is 0 Å². The summed E-state index contributed by atoms with van der Waals surface area (Å²) in [6.45, 7) is 3.42. The summed E-state index contributed by atoms with van der Waals surface area (Å²) >= 11 is 1.84. The van der Waals surface area contributed by atoms with E-state index in [9.17, 15) is 4.79 Å². The number of thiophene rings is 1. The van der Waals surface area contributed by atoms with Gasteiger partial charge in [0.25, 0.3) is 0 Å². The third-order valence-electron chi connectivity index (χ3n) is 4.16. The van der Waals surface area contributed by atoms with Crippen molar-refractivity contribution in [2.24, 2.45) is 0 Å². The summed E-state index contributed by atoms with van der Waals surface area (Å²) in [7, 11) is 1.59. The Morgan fingerprint density at radius 3 is 3.04 bits per heavy atom. The van der Waals surface area contributed by atoms with Gasteiger partial charge in [0.2, 0.25) is 0 Å². The lowest BCUT2D eigenvalue weighted by atomic mass is 10.1. The molecular formula is C19H21NO4S. The topological polar surface area (TPSA) is 59.0 Å². The minimum Gasteiger partial charge on any atom is -0.493 e. The quantitative estimate of drug-likeness (QED) is 0.769. The fourth-order valence-electron chi connectivity index (χ4n) is 2.86. The molecule has 0 bridgehead atoms. The summed E-state index contributed by atoms with van der Waals surface area (Å²) < 4.78 is 11.2. The van der Waals surface area contributed by atoms with Crippen LogP contribution in [0.4, 0.5) is 0 Å². The van der Waals surface area contributed by atoms with Crippen LogP contribution in [0.3, 0.4) is 0 Å². The Bertz CT molecular complexity index is 769. The van der Waals surface area contributed by atoms with Gasteiger partial charge in [0.05, 0.1) is 7.11 Å². The largest absolute Gasteiger partial charge is 0.493 e. The molecule has 5 nitrogen and oxygen atoms in total. The van der Waals surface area contributed by atoms with E-state index in [1.807, 2.05) is 11.3 Å². The molecule has 0 aliphatic carbocycles. The Balaban J connectivity index is 1.58. The lowest BCUT2D eigenvalue weighted by Gasteiger charge is -2.26. The van der Waals surface area contributed by atoms with E-state index in [0.717, 1.165) is 37.7 Å². The number of carboxylic acids is 1. The number of carboxylic acid groups (broad SMARTS) is 1. The van der Waals surface area contributed by atoms with Crippen LogP contribution >= 0.6 is 11.3 Å². The second-order valence-corrected chi connectivity index (χ2v) is 6.83. The first kappa shape index (κ1) is 17.5. The summed E-state index contributed by atoms with van der Waals surface area (Å²) in [4.78, 5) is 14.5. The molecule has 0 spiro atoms. The molecule has 2 heterocycles. The SMILES string of the molecule is COc1ccc(/C=C/C(=O)O)cc1OCCN1CCc2sccc2C1. The summed E-state index contributed by atoms with van der Waals surface area (Å²) in [6.07, 6.45) is 3.75. The average Bonchev–Trinajstić information content (AvgIpc) is 3.08. The fraction of sp³-hybridized carbons (Fsp3) is 0.316. The van der Waals surface area contributed by atoms with Crippen LogP contribution in [0.15, 0.2) is 35.7 Å². The lowest BCUT2D eigenvalue weighted by molar-refractivity contribution is -0.131. The predicted octanol–water partition coefficient (Wildman–Crippen LogP) is 3.29. The highest BCUT2D eigenvalue weighted by molar-refractivity contribution is 7.10. The molecule has 1 aliphatic heterocycles. The molecule has 1 aromatic heterocycles. The second kappa shape index (κ2) is 8.18. The van der Waals surface area contributed by atoms with Gasteiger partial charge in [-0.2, -0.15) is 0 Å². The van der Waals surface area contributed by atoms with Gasteiger partial charge in [0, 0.05) is 30.6 Å². The summed E-state index contributed by atoms with van der Waals surface area (Å²) in [5.74, 6) is 0.297. The molecule has 6 heteroatoms. The van der Waals surface area contributed by atoms with Crippen molar-refractivity contribution in [1.82, 2.24) is 4.90 Å². The zero-order chi connectivity index (χ0) is 17.6. The highest BCUT2D eigenvalue weighted by Gasteiger charge is 2.17. The molecule has 0 saturated carbocycles. The summed E-state index contributed by atoms with van der Waals surface area (Å²) in [6, 6.07) is 7.59. The number of aliphatic carboxylic acids is 1. The summed E-state index contributed by atoms with van der Waals surface area (Å²) in [5.41, 5.74) is 2.19. The van der Waals surface area contributed by atoms with Crippen molar-refractivity contribution in [3.05, 3.63) is 51.7 Å². The lowest BCUT2D eigenvalue weighted by Crippen LogP contribution is -2.33. The zero-order valence-electron chi connectivity index (χ0n) is 14.1. The van der Waals surface area contributed by atoms with Gasteiger partial charge >= 0.3 is 5.97 Å². The highest BCUT2D eigenvalue weighted by Crippen LogP contribution is 2.29. The number of ether oxygens (including phenoxy) is 2. The molecule has 0 radical (unpaired) electrons. The van der Waals surface area contributed by atoms with Gasteiger partial charge in [-0.05, 0) is 47.2 Å². The van der Waals surface area contributed by atoms with E-state index in [4.69, 9.17) is 14.6 Å². The van der Waals surface area contributed by atoms with Crippen molar-refractivity contribution in [2.75, 3.05) is 26.8 Å². The van der Waals surface area contributed by atoms with E-state index in [0.29, 0.717) is 18.1 Å². The molecule has 0 unspecified atom stereocenters. The second-order valence-electron chi connectivity index (χ2n) is 5.83. The molecule has 0 saturated heterocycles. The van der Waals surface area contributed by atoms with Crippen LogP contribution in [0, 0.1) is 0 Å². The Morgan fingerprint density at radius 2 is 2.24 bits per heavy atom. The van der Waals surface area contributed by atoms with Crippen molar-refractivity contribution >= 4 is 23.4 Å². The van der Waals surface area contributed by atoms with Gasteiger partial charge in [-0.15, -0.1) is 11.3 Å². The molecule has 25 heavy (non-hydrogen) atoms. The van der Waals surface area contributed by atoms with Crippen molar-refractivity contribution in [2.45, 2.75) is 13.0 Å². The van der Waals surface area contributed by atoms with Crippen molar-refractivity contribution in [3.8, 4) is 11.5 Å². The van der Waals surface area contributed by atoms with Crippen molar-refractivity contribution in [3.63, 3.8) is 0 Å². The first-order valence-electron chi connectivity index (χ1n) is 8.15. The monoisotopic (exact) mass is 359 g/mol. The molecule has 1 N–H and O–H groups in total. The predicted molar refractivity (Wildman–Crippen MR) is 98.5 cm³/mol. The molecule has 3 rings (SSSR count). The van der Waals surface area contributed by atoms with Gasteiger partial charge in [-0.25, -0.2) is 4.79 Å². The smallest absolute Gasteiger partial charge is 0.328 e. The number of carbonyl (C=O) groups is 1. The zero-order valence-corrected chi connectivity index (χ0v) is 14.9. The third-order valence-corrected chi connectivity index (χ3v) is 5.18. The Labute approximate surface area is 151 Å². The van der Waals surface area contributed by atoms with Crippen LogP contribution in [0.5, 0.6) is 11.5 Å². The van der Waals surface area contributed by atoms with Crippen LogP contribution < -0.4 is 9.47 Å². The number of hydrogen-bond acceptors (Lipinski definition) is 5. The molecule has 0 amide bonds. The molecule has 0 fully saturated rings. The number of hydrogen-bond donors (Lipinski definition) is 1. The average molecular weight is 359 g/mol. The minimum absolute atomic E-state index is 0.557. The minimum atomic E-state index is -0.976. The van der Waals surface area contributed by atoms with Crippen LogP contribution in [0.2, 0.25) is 0 Å². The molecule has 2 aromatic rings. The van der Waals surface area contributed by atoms with Crippen LogP contribution in [-0.4, -0.2) is 42.8 Å². The van der Waals surface area contributed by atoms with E-state index in [2.05, 4.69) is 16.3 Å². The van der Waals surface area contributed by atoms with Crippen LogP contribution in [0.25, 0.3) is 6.08 Å². The first-order chi connectivity index (χ1) is 12.2. The van der Waals surface area contributed by atoms with Gasteiger partial charge in [0.1, 0.15) is 6.61 Å². The van der Waals surface area contributed by atoms with E-state index in [1.54, 1.807) is 25.3 Å². The number of rotatable bonds is 7. The van der Waals surface area contributed by atoms with Gasteiger partial charge in [-0.1, -0.05) is 6.07 Å². The van der Waals surface area contributed by atoms with Crippen molar-refractivity contribution < 1.29 is 19.4 Å². The van der Waals surface area contributed by atoms with Gasteiger partial charge < -0.3 is 14.6 Å². The summed E-state index contributed by atoms with van der Waals surface area (Å²) in [5, 5.41) is 10.9. The molecule has 1 aromatic carbocycles. The van der Waals surface area contributed by atoms with Gasteiger partial charge in [-0.3, -0.25) is 4.90 Å². The first-order valence-corrected chi connectivity index (χ1v) is 9.03. The third kappa shape index (κ3) is 4.61. The standard InChI is InChI=1S/C19H21NO4S/c1-23-16-4-2-14(3-5-19(21)22)12-17(16)24-10-9-20-8-6-18-15(13-20)7-11-25-18/h2-5,7,11-12H,6,8-10,13H2,1H3,(H,21,22)/b5-3+. The Hall–Kier alpha value is -2.31. The molecule has 0 atom stereocenters. The number of nitrogens with zero attached hydrogens (tertiary/aromatic N) is 1. The Kier molecular flexibility index (Phi) is 5.73. The van der Waals surface area contributed by atoms with Crippen LogP contribution in [-0.2, 0) is 17.8 Å². The fourth-order valence-corrected chi connectivity index (χ4v) is 3.75. The molecule has 1 aliphatic rings. The van der Waals surface area contributed by atoms with E-state index in [-0.39, 0.29) is 0 Å². The van der Waals surface area contributed by atoms with E-state index in [1.165, 1.54) is 16.5 Å². The Morgan fingerprint density at radius 1 is 1.36 bits per heavy atom. The maximum absolute atomic E-state index is 10.6. The maximum atomic E-state index is 10.6. The van der Waals surface area contributed by atoms with Crippen LogP contribution in [0.1, 0.15) is 16.0 Å². The maximum Gasteiger partial charge on any atom is 0.328 e. The van der Waals surface area contributed by atoms with Gasteiger partial charge in [0.15, 0.2) is 11.5 Å². The van der Waals surface area contributed by atoms with E-state index < -0.39 is 5.97 Å². The number of benzene rings is 1. The van der Waals surface area contributed by atoms with Crippen molar-refractivity contribution in [1.29, 1.82) is 0 Å². The highest BCUT2D eigenvalue weighted by atomic mass is 32.1. The normalized spacial score (nSPS) is 14.4.